The van der Waals surface area contributed by atoms with E-state index < -0.39 is 11.7 Å². The van der Waals surface area contributed by atoms with E-state index >= 15 is 0 Å². The number of anilines is 1. The number of carbonyl (C=O) groups is 2. The Bertz CT molecular complexity index is 1710. The number of rotatable bonds is 9. The van der Waals surface area contributed by atoms with E-state index in [-0.39, 0.29) is 24.5 Å². The summed E-state index contributed by atoms with van der Waals surface area (Å²) in [5.41, 5.74) is 3.22. The van der Waals surface area contributed by atoms with Gasteiger partial charge in [0, 0.05) is 11.3 Å². The van der Waals surface area contributed by atoms with Crippen molar-refractivity contribution in [3.05, 3.63) is 124 Å². The molecule has 8 nitrogen and oxygen atoms in total. The predicted molar refractivity (Wildman–Crippen MR) is 172 cm³/mol. The fourth-order valence-electron chi connectivity index (χ4n) is 4.24. The first kappa shape index (κ1) is 30.5. The highest BCUT2D eigenvalue weighted by molar-refractivity contribution is 8.18. The van der Waals surface area contributed by atoms with Gasteiger partial charge in [-0.15, -0.1) is 5.10 Å². The Kier molecular flexibility index (Phi) is 9.40. The number of amides is 2. The molecule has 2 heterocycles. The zero-order valence-electron chi connectivity index (χ0n) is 24.5. The van der Waals surface area contributed by atoms with Gasteiger partial charge in [0.05, 0.1) is 23.9 Å². The summed E-state index contributed by atoms with van der Waals surface area (Å²) in [6.45, 7) is 6.39. The van der Waals surface area contributed by atoms with Crippen molar-refractivity contribution in [2.75, 3.05) is 11.9 Å². The van der Waals surface area contributed by atoms with Gasteiger partial charge < -0.3 is 14.5 Å². The average Bonchev–Trinajstić information content (AvgIpc) is 3.62. The van der Waals surface area contributed by atoms with Crippen LogP contribution in [0.15, 0.2) is 111 Å². The summed E-state index contributed by atoms with van der Waals surface area (Å²) in [7, 11) is 0. The Morgan fingerprint density at radius 3 is 2.48 bits per heavy atom. The number of para-hydroxylation sites is 1. The molecule has 2 amide bonds. The van der Waals surface area contributed by atoms with Crippen molar-refractivity contribution in [3.63, 3.8) is 0 Å². The van der Waals surface area contributed by atoms with E-state index in [0.717, 1.165) is 5.56 Å². The number of amidine groups is 1. The quantitative estimate of drug-likeness (QED) is 0.122. The SMILES string of the molecule is CC(C)(C)c1ccc(/C=N\N=C2\S/C(=C\c3ccccc3OCC(=O)Nc3ccc(F)cc3)C(=O)N2Cc2ccco2)cc1. The third-order valence-corrected chi connectivity index (χ3v) is 7.60. The Morgan fingerprint density at radius 1 is 1.02 bits per heavy atom. The van der Waals surface area contributed by atoms with Gasteiger partial charge in [0.25, 0.3) is 11.8 Å². The van der Waals surface area contributed by atoms with Crippen LogP contribution in [0.4, 0.5) is 10.1 Å². The standard InChI is InChI=1S/C34H31FN4O4S/c1-34(2,3)25-12-10-23(11-13-25)20-36-38-33-39(21-28-8-6-18-42-28)32(41)30(44-33)19-24-7-4-5-9-29(24)43-22-31(40)37-27-16-14-26(35)15-17-27/h4-20H,21-22H2,1-3H3,(H,37,40)/b30-19-,36-20-,38-33+. The first-order valence-corrected chi connectivity index (χ1v) is 14.7. The summed E-state index contributed by atoms with van der Waals surface area (Å²) in [6, 6.07) is 24.2. The molecule has 0 unspecified atom stereocenters. The molecule has 0 aliphatic carbocycles. The number of hydrogen-bond donors (Lipinski definition) is 1. The predicted octanol–water partition coefficient (Wildman–Crippen LogP) is 7.24. The summed E-state index contributed by atoms with van der Waals surface area (Å²) in [5, 5.41) is 11.7. The molecule has 224 valence electrons. The normalized spacial score (nSPS) is 15.5. The maximum atomic E-state index is 13.5. The van der Waals surface area contributed by atoms with Gasteiger partial charge >= 0.3 is 0 Å². The van der Waals surface area contributed by atoms with Crippen molar-refractivity contribution in [2.45, 2.75) is 32.7 Å². The fraction of sp³-hybridized carbons (Fsp3) is 0.176. The summed E-state index contributed by atoms with van der Waals surface area (Å²) in [4.78, 5) is 27.9. The number of benzene rings is 3. The zero-order chi connectivity index (χ0) is 31.1. The van der Waals surface area contributed by atoms with Gasteiger partial charge in [0.2, 0.25) is 0 Å². The van der Waals surface area contributed by atoms with Gasteiger partial charge in [-0.2, -0.15) is 5.10 Å². The molecule has 3 aromatic carbocycles. The van der Waals surface area contributed by atoms with Gasteiger partial charge in [-0.1, -0.05) is 63.2 Å². The minimum Gasteiger partial charge on any atom is -0.483 e. The Labute approximate surface area is 259 Å². The highest BCUT2D eigenvalue weighted by Gasteiger charge is 2.34. The topological polar surface area (TPSA) is 96.5 Å². The molecule has 0 bridgehead atoms. The molecular weight excluding hydrogens is 579 g/mol. The molecule has 1 aliphatic heterocycles. The minimum absolute atomic E-state index is 0.0475. The number of ether oxygens (including phenoxy) is 1. The van der Waals surface area contributed by atoms with E-state index in [1.165, 1.54) is 46.5 Å². The summed E-state index contributed by atoms with van der Waals surface area (Å²) < 4.78 is 24.4. The molecule has 1 aromatic heterocycles. The Balaban J connectivity index is 1.33. The Hall–Kier alpha value is -4.96. The number of nitrogens with zero attached hydrogens (tertiary/aromatic N) is 3. The smallest absolute Gasteiger partial charge is 0.267 e. The molecule has 0 radical (unpaired) electrons. The van der Waals surface area contributed by atoms with Crippen molar-refractivity contribution in [1.82, 2.24) is 4.90 Å². The summed E-state index contributed by atoms with van der Waals surface area (Å²) in [5.74, 6) is -0.0452. The lowest BCUT2D eigenvalue weighted by molar-refractivity contribution is -0.122. The van der Waals surface area contributed by atoms with Crippen LogP contribution in [0.3, 0.4) is 0 Å². The summed E-state index contributed by atoms with van der Waals surface area (Å²) >= 11 is 1.19. The van der Waals surface area contributed by atoms with Crippen molar-refractivity contribution < 1.29 is 23.1 Å². The molecule has 44 heavy (non-hydrogen) atoms. The number of furan rings is 1. The number of nitrogens with one attached hydrogen (secondary N) is 1. The fourth-order valence-corrected chi connectivity index (χ4v) is 5.17. The van der Waals surface area contributed by atoms with Gasteiger partial charge in [0.15, 0.2) is 11.8 Å². The minimum atomic E-state index is -0.407. The van der Waals surface area contributed by atoms with E-state index in [1.54, 1.807) is 48.9 Å². The first-order valence-electron chi connectivity index (χ1n) is 13.9. The van der Waals surface area contributed by atoms with E-state index in [2.05, 4.69) is 48.4 Å². The molecule has 1 aliphatic rings. The highest BCUT2D eigenvalue weighted by Crippen LogP contribution is 2.35. The van der Waals surface area contributed by atoms with Crippen LogP contribution in [0.5, 0.6) is 5.75 Å². The number of thioether (sulfide) groups is 1. The number of hydrogen-bond acceptors (Lipinski definition) is 7. The van der Waals surface area contributed by atoms with Crippen LogP contribution in [-0.4, -0.2) is 34.7 Å². The van der Waals surface area contributed by atoms with Gasteiger partial charge in [-0.05, 0) is 76.8 Å². The van der Waals surface area contributed by atoms with Crippen molar-refractivity contribution >= 4 is 46.7 Å². The van der Waals surface area contributed by atoms with Crippen LogP contribution < -0.4 is 10.1 Å². The van der Waals surface area contributed by atoms with E-state index in [1.807, 2.05) is 18.2 Å². The van der Waals surface area contributed by atoms with Crippen LogP contribution in [-0.2, 0) is 21.5 Å². The van der Waals surface area contributed by atoms with Crippen LogP contribution in [0, 0.1) is 5.82 Å². The lowest BCUT2D eigenvalue weighted by Crippen LogP contribution is -2.28. The third-order valence-electron chi connectivity index (χ3n) is 6.60. The van der Waals surface area contributed by atoms with Crippen molar-refractivity contribution in [2.24, 2.45) is 10.2 Å². The van der Waals surface area contributed by atoms with Crippen LogP contribution >= 0.6 is 11.8 Å². The number of carbonyl (C=O) groups excluding carboxylic acids is 2. The Morgan fingerprint density at radius 2 is 1.77 bits per heavy atom. The van der Waals surface area contributed by atoms with Crippen molar-refractivity contribution in [3.8, 4) is 5.75 Å². The number of halogens is 1. The lowest BCUT2D eigenvalue weighted by Gasteiger charge is -2.18. The van der Waals surface area contributed by atoms with Gasteiger partial charge in [-0.3, -0.25) is 14.5 Å². The summed E-state index contributed by atoms with van der Waals surface area (Å²) in [6.07, 6.45) is 4.90. The lowest BCUT2D eigenvalue weighted by atomic mass is 9.87. The van der Waals surface area contributed by atoms with E-state index in [4.69, 9.17) is 9.15 Å². The molecular formula is C34H31FN4O4S. The molecule has 10 heteroatoms. The second-order valence-corrected chi connectivity index (χ2v) is 12.0. The maximum Gasteiger partial charge on any atom is 0.267 e. The van der Waals surface area contributed by atoms with Crippen molar-refractivity contribution in [1.29, 1.82) is 0 Å². The first-order chi connectivity index (χ1) is 21.2. The third kappa shape index (κ3) is 7.90. The molecule has 5 rings (SSSR count). The van der Waals surface area contributed by atoms with Gasteiger partial charge in [-0.25, -0.2) is 4.39 Å². The highest BCUT2D eigenvalue weighted by atomic mass is 32.2. The average molecular weight is 611 g/mol. The second-order valence-electron chi connectivity index (χ2n) is 11.0. The van der Waals surface area contributed by atoms with Crippen LogP contribution in [0.2, 0.25) is 0 Å². The molecule has 1 fully saturated rings. The monoisotopic (exact) mass is 610 g/mol. The zero-order valence-corrected chi connectivity index (χ0v) is 25.3. The van der Waals surface area contributed by atoms with Gasteiger partial charge in [0.1, 0.15) is 17.3 Å². The molecule has 0 spiro atoms. The van der Waals surface area contributed by atoms with Crippen LogP contribution in [0.25, 0.3) is 6.08 Å². The molecule has 0 saturated carbocycles. The van der Waals surface area contributed by atoms with Crippen LogP contribution in [0.1, 0.15) is 43.2 Å². The molecule has 1 saturated heterocycles. The molecule has 0 atom stereocenters. The molecule has 1 N–H and O–H groups in total. The molecule has 4 aromatic rings. The second kappa shape index (κ2) is 13.6. The van der Waals surface area contributed by atoms with E-state index in [0.29, 0.717) is 32.8 Å². The maximum absolute atomic E-state index is 13.5. The largest absolute Gasteiger partial charge is 0.483 e. The van der Waals surface area contributed by atoms with E-state index in [9.17, 15) is 14.0 Å².